The fourth-order valence-electron chi connectivity index (χ4n) is 3.12. The van der Waals surface area contributed by atoms with Crippen molar-refractivity contribution in [1.29, 1.82) is 0 Å². The number of carbonyl (C=O) groups excluding carboxylic acids is 1. The number of fused-ring (bicyclic) bond motifs is 1. The fourth-order valence-corrected chi connectivity index (χ4v) is 3.12. The van der Waals surface area contributed by atoms with Gasteiger partial charge in [0, 0.05) is 45.4 Å². The van der Waals surface area contributed by atoms with Crippen LogP contribution in [0, 0.1) is 0 Å². The van der Waals surface area contributed by atoms with Gasteiger partial charge in [-0.05, 0) is 18.6 Å². The summed E-state index contributed by atoms with van der Waals surface area (Å²) in [6, 6.07) is 7.97. The first-order chi connectivity index (χ1) is 13.3. The molecule has 0 aliphatic carbocycles. The van der Waals surface area contributed by atoms with E-state index in [1.807, 2.05) is 0 Å². The normalized spacial score (nSPS) is 15.9. The molecule has 1 aliphatic heterocycles. The number of halogens is 3. The van der Waals surface area contributed by atoms with Crippen LogP contribution in [0.5, 0.6) is 0 Å². The van der Waals surface area contributed by atoms with Gasteiger partial charge < -0.3 is 14.1 Å². The van der Waals surface area contributed by atoms with Crippen LogP contribution in [0.25, 0.3) is 11.0 Å². The lowest BCUT2D eigenvalue weighted by molar-refractivity contribution is -0.174. The highest BCUT2D eigenvalue weighted by molar-refractivity contribution is 5.93. The number of rotatable bonds is 6. The Labute approximate surface area is 159 Å². The highest BCUT2D eigenvalue weighted by Crippen LogP contribution is 2.16. The van der Waals surface area contributed by atoms with Gasteiger partial charge >= 0.3 is 6.18 Å². The van der Waals surface area contributed by atoms with Crippen LogP contribution >= 0.6 is 0 Å². The zero-order valence-corrected chi connectivity index (χ0v) is 15.2. The standard InChI is InChI=1S/C19H21F3N2O4/c20-19(21,22)13-27-11-3-6-23-7-9-24(10-8-23)18(26)17-12-15(25)14-4-1-2-5-16(14)28-17/h1-2,4-5,12H,3,6-11,13H2. The van der Waals surface area contributed by atoms with Gasteiger partial charge in [-0.15, -0.1) is 0 Å². The summed E-state index contributed by atoms with van der Waals surface area (Å²) in [5, 5.41) is 0.427. The third-order valence-corrected chi connectivity index (χ3v) is 4.53. The molecule has 28 heavy (non-hydrogen) atoms. The molecule has 152 valence electrons. The molecule has 0 radical (unpaired) electrons. The second kappa shape index (κ2) is 8.74. The summed E-state index contributed by atoms with van der Waals surface area (Å²) in [5.74, 6) is -0.325. The van der Waals surface area contributed by atoms with Crippen LogP contribution < -0.4 is 5.43 Å². The van der Waals surface area contributed by atoms with Gasteiger partial charge in [0.05, 0.1) is 5.39 Å². The maximum absolute atomic E-state index is 12.6. The second-order valence-electron chi connectivity index (χ2n) is 6.63. The Morgan fingerprint density at radius 3 is 2.57 bits per heavy atom. The number of benzene rings is 1. The van der Waals surface area contributed by atoms with Crippen molar-refractivity contribution in [3.63, 3.8) is 0 Å². The number of piperazine rings is 1. The first-order valence-electron chi connectivity index (χ1n) is 9.02. The summed E-state index contributed by atoms with van der Waals surface area (Å²) in [7, 11) is 0. The molecule has 9 heteroatoms. The molecule has 0 bridgehead atoms. The molecule has 1 amide bonds. The summed E-state index contributed by atoms with van der Waals surface area (Å²) < 4.78 is 46.2. The van der Waals surface area contributed by atoms with E-state index in [0.717, 1.165) is 0 Å². The first-order valence-corrected chi connectivity index (χ1v) is 9.02. The zero-order valence-electron chi connectivity index (χ0n) is 15.2. The van der Waals surface area contributed by atoms with Crippen molar-refractivity contribution in [1.82, 2.24) is 9.80 Å². The fraction of sp³-hybridized carbons (Fsp3) is 0.474. The van der Waals surface area contributed by atoms with Crippen LogP contribution in [-0.2, 0) is 4.74 Å². The SMILES string of the molecule is O=C(c1cc(=O)c2ccccc2o1)N1CCN(CCCOCC(F)(F)F)CC1. The van der Waals surface area contributed by atoms with Crippen molar-refractivity contribution < 1.29 is 27.1 Å². The largest absolute Gasteiger partial charge is 0.451 e. The predicted molar refractivity (Wildman–Crippen MR) is 96.3 cm³/mol. The number of ether oxygens (including phenoxy) is 1. The highest BCUT2D eigenvalue weighted by atomic mass is 19.4. The number of hydrogen-bond acceptors (Lipinski definition) is 5. The minimum atomic E-state index is -4.30. The minimum absolute atomic E-state index is 0.0118. The van der Waals surface area contributed by atoms with E-state index in [1.54, 1.807) is 29.2 Å². The van der Waals surface area contributed by atoms with Crippen molar-refractivity contribution >= 4 is 16.9 Å². The molecule has 1 fully saturated rings. The molecular weight excluding hydrogens is 377 g/mol. The van der Waals surface area contributed by atoms with Gasteiger partial charge in [0.15, 0.2) is 11.2 Å². The van der Waals surface area contributed by atoms with E-state index >= 15 is 0 Å². The topological polar surface area (TPSA) is 63.0 Å². The first kappa shape index (κ1) is 20.3. The average Bonchev–Trinajstić information content (AvgIpc) is 2.67. The quantitative estimate of drug-likeness (QED) is 0.700. The van der Waals surface area contributed by atoms with E-state index in [2.05, 4.69) is 9.64 Å². The van der Waals surface area contributed by atoms with Crippen molar-refractivity contribution in [3.8, 4) is 0 Å². The van der Waals surface area contributed by atoms with Gasteiger partial charge in [-0.1, -0.05) is 12.1 Å². The van der Waals surface area contributed by atoms with Gasteiger partial charge in [0.25, 0.3) is 5.91 Å². The number of hydrogen-bond donors (Lipinski definition) is 0. The van der Waals surface area contributed by atoms with E-state index in [9.17, 15) is 22.8 Å². The lowest BCUT2D eigenvalue weighted by Gasteiger charge is -2.34. The second-order valence-corrected chi connectivity index (χ2v) is 6.63. The summed E-state index contributed by atoms with van der Waals surface area (Å²) in [6.07, 6.45) is -3.81. The average molecular weight is 398 g/mol. The minimum Gasteiger partial charge on any atom is -0.451 e. The molecule has 0 saturated carbocycles. The lowest BCUT2D eigenvalue weighted by atomic mass is 10.2. The monoisotopic (exact) mass is 398 g/mol. The van der Waals surface area contributed by atoms with E-state index in [0.29, 0.717) is 50.1 Å². The van der Waals surface area contributed by atoms with E-state index in [-0.39, 0.29) is 23.7 Å². The third-order valence-electron chi connectivity index (χ3n) is 4.53. The predicted octanol–water partition coefficient (Wildman–Crippen LogP) is 2.52. The molecule has 1 saturated heterocycles. The van der Waals surface area contributed by atoms with Crippen molar-refractivity contribution in [2.24, 2.45) is 0 Å². The molecule has 2 heterocycles. The molecule has 0 unspecified atom stereocenters. The van der Waals surface area contributed by atoms with Crippen molar-refractivity contribution in [2.75, 3.05) is 45.9 Å². The van der Waals surface area contributed by atoms with Crippen molar-refractivity contribution in [3.05, 3.63) is 46.3 Å². The molecule has 1 aliphatic rings. The van der Waals surface area contributed by atoms with E-state index in [4.69, 9.17) is 4.42 Å². The summed E-state index contributed by atoms with van der Waals surface area (Å²) in [6.45, 7) is 1.53. The third kappa shape index (κ3) is 5.32. The number of nitrogens with zero attached hydrogens (tertiary/aromatic N) is 2. The smallest absolute Gasteiger partial charge is 0.411 e. The Morgan fingerprint density at radius 1 is 1.14 bits per heavy atom. The molecule has 0 atom stereocenters. The van der Waals surface area contributed by atoms with Crippen LogP contribution in [-0.4, -0.2) is 67.8 Å². The van der Waals surface area contributed by atoms with Crippen LogP contribution in [0.15, 0.2) is 39.5 Å². The molecule has 2 aromatic rings. The van der Waals surface area contributed by atoms with Gasteiger partial charge in [0.1, 0.15) is 12.2 Å². The maximum atomic E-state index is 12.6. The Balaban J connectivity index is 1.48. The van der Waals surface area contributed by atoms with Crippen LogP contribution in [0.2, 0.25) is 0 Å². The number of carbonyl (C=O) groups is 1. The maximum Gasteiger partial charge on any atom is 0.411 e. The zero-order chi connectivity index (χ0) is 20.1. The molecule has 1 aromatic heterocycles. The van der Waals surface area contributed by atoms with E-state index in [1.165, 1.54) is 6.07 Å². The molecule has 3 rings (SSSR count). The van der Waals surface area contributed by atoms with Crippen LogP contribution in [0.3, 0.4) is 0 Å². The summed E-state index contributed by atoms with van der Waals surface area (Å²) in [5.41, 5.74) is 0.110. The molecular formula is C19H21F3N2O4. The molecule has 6 nitrogen and oxygen atoms in total. The van der Waals surface area contributed by atoms with Gasteiger partial charge in [0.2, 0.25) is 0 Å². The van der Waals surface area contributed by atoms with Gasteiger partial charge in [-0.25, -0.2) is 0 Å². The van der Waals surface area contributed by atoms with Gasteiger partial charge in [-0.2, -0.15) is 13.2 Å². The van der Waals surface area contributed by atoms with Crippen LogP contribution in [0.1, 0.15) is 17.0 Å². The number of alkyl halides is 3. The summed E-state index contributed by atoms with van der Waals surface area (Å²) in [4.78, 5) is 28.5. The molecule has 1 aromatic carbocycles. The number of amides is 1. The van der Waals surface area contributed by atoms with Crippen molar-refractivity contribution in [2.45, 2.75) is 12.6 Å². The summed E-state index contributed by atoms with van der Waals surface area (Å²) >= 11 is 0. The highest BCUT2D eigenvalue weighted by Gasteiger charge is 2.27. The molecule has 0 N–H and O–H groups in total. The van der Waals surface area contributed by atoms with Crippen LogP contribution in [0.4, 0.5) is 13.2 Å². The Bertz CT molecular complexity index is 873. The Kier molecular flexibility index (Phi) is 6.35. The van der Waals surface area contributed by atoms with Gasteiger partial charge in [-0.3, -0.25) is 14.5 Å². The molecule has 0 spiro atoms. The Hall–Kier alpha value is -2.39. The van der Waals surface area contributed by atoms with E-state index < -0.39 is 12.8 Å². The Morgan fingerprint density at radius 2 is 1.86 bits per heavy atom. The number of para-hydroxylation sites is 1. The lowest BCUT2D eigenvalue weighted by Crippen LogP contribution is -2.49.